The normalized spacial score (nSPS) is 15.9. The maximum Gasteiger partial charge on any atom is 0.350 e. The molecule has 0 radical (unpaired) electrons. The molecule has 0 aromatic rings. The fraction of sp³-hybridized carbons (Fsp3) is 0.800. The third-order valence-corrected chi connectivity index (χ3v) is 2.67. The molecule has 0 saturated carbocycles. The smallest absolute Gasteiger partial charge is 0.350 e. The van der Waals surface area contributed by atoms with Crippen LogP contribution < -0.4 is 0 Å². The van der Waals surface area contributed by atoms with E-state index in [0.717, 1.165) is 25.6 Å². The van der Waals surface area contributed by atoms with Crippen LogP contribution in [0.5, 0.6) is 0 Å². The Labute approximate surface area is 90.9 Å². The van der Waals surface area contributed by atoms with Gasteiger partial charge in [-0.25, -0.2) is 4.79 Å². The Hall–Kier alpha value is -1.26. The van der Waals surface area contributed by atoms with Crippen molar-refractivity contribution in [1.29, 1.82) is 0 Å². The number of hydrogen-bond donors (Lipinski definition) is 0. The van der Waals surface area contributed by atoms with Crippen LogP contribution in [-0.2, 0) is 9.53 Å². The van der Waals surface area contributed by atoms with Crippen LogP contribution in [0.25, 0.3) is 0 Å². The summed E-state index contributed by atoms with van der Waals surface area (Å²) in [5.41, 5.74) is 0. The van der Waals surface area contributed by atoms with Gasteiger partial charge in [-0.15, -0.1) is 0 Å². The maximum atomic E-state index is 11.2. The molecule has 1 aliphatic heterocycles. The van der Waals surface area contributed by atoms with Crippen LogP contribution >= 0.6 is 0 Å². The molecule has 0 unspecified atom stereocenters. The highest BCUT2D eigenvalue weighted by molar-refractivity contribution is 5.81. The van der Waals surface area contributed by atoms with Crippen LogP contribution in [0.2, 0.25) is 0 Å². The Bertz CT molecular complexity index is 276. The summed E-state index contributed by atoms with van der Waals surface area (Å²) in [5, 5.41) is 0. The number of carbonyl (C=O) groups excluding carboxylic acids is 1. The minimum atomic E-state index is -0.196. The highest BCUT2D eigenvalue weighted by atomic mass is 16.5. The van der Waals surface area contributed by atoms with Crippen LogP contribution in [-0.4, -0.2) is 73.7 Å². The van der Waals surface area contributed by atoms with Gasteiger partial charge in [-0.2, -0.15) is 0 Å². The molecule has 0 aromatic carbocycles. The average Bonchev–Trinajstić information content (AvgIpc) is 2.55. The highest BCUT2D eigenvalue weighted by Gasteiger charge is 2.31. The molecule has 86 valence electrons. The molecule has 1 aliphatic rings. The van der Waals surface area contributed by atoms with Crippen molar-refractivity contribution in [2.45, 2.75) is 6.92 Å². The summed E-state index contributed by atoms with van der Waals surface area (Å²) < 4.78 is 6.84. The molecule has 1 heterocycles. The van der Waals surface area contributed by atoms with Gasteiger partial charge in [0.25, 0.3) is 0 Å². The molecular weight excluding hydrogens is 194 g/mol. The molecule has 0 N–H and O–H groups in total. The minimum absolute atomic E-state index is 0.196. The first-order valence-corrected chi connectivity index (χ1v) is 5.21. The summed E-state index contributed by atoms with van der Waals surface area (Å²) in [5.74, 6) is 0.904. The number of methoxy groups -OCH3 is 1. The lowest BCUT2D eigenvalue weighted by molar-refractivity contribution is -0.491. The van der Waals surface area contributed by atoms with Gasteiger partial charge in [0.1, 0.15) is 0 Å². The summed E-state index contributed by atoms with van der Waals surface area (Å²) in [6.45, 7) is 5.17. The first-order chi connectivity index (χ1) is 7.10. The van der Waals surface area contributed by atoms with Gasteiger partial charge in [0.2, 0.25) is 0 Å². The van der Waals surface area contributed by atoms with Crippen molar-refractivity contribution >= 4 is 11.9 Å². The van der Waals surface area contributed by atoms with Crippen LogP contribution in [0, 0.1) is 0 Å². The Morgan fingerprint density at radius 2 is 2.33 bits per heavy atom. The van der Waals surface area contributed by atoms with Crippen LogP contribution in [0.3, 0.4) is 0 Å². The lowest BCUT2D eigenvalue weighted by atomic mass is 10.5. The molecule has 0 aromatic heterocycles. The quantitative estimate of drug-likeness (QED) is 0.465. The second-order valence-electron chi connectivity index (χ2n) is 3.73. The van der Waals surface area contributed by atoms with Crippen molar-refractivity contribution in [3.63, 3.8) is 0 Å². The molecule has 0 saturated heterocycles. The van der Waals surface area contributed by atoms with Crippen molar-refractivity contribution in [2.24, 2.45) is 0 Å². The zero-order valence-corrected chi connectivity index (χ0v) is 9.99. The van der Waals surface area contributed by atoms with Gasteiger partial charge in [-0.05, 0) is 6.92 Å². The second-order valence-corrected chi connectivity index (χ2v) is 3.73. The molecule has 0 spiro atoms. The SMILES string of the molecule is CCN(CC(=O)OC)C1=[N+](C)CCN1C. The lowest BCUT2D eigenvalue weighted by Crippen LogP contribution is -2.45. The average molecular weight is 214 g/mol. The Kier molecular flexibility index (Phi) is 3.94. The molecule has 0 atom stereocenters. The summed E-state index contributed by atoms with van der Waals surface area (Å²) in [7, 11) is 5.50. The molecule has 0 amide bonds. The molecule has 0 fully saturated rings. The first-order valence-electron chi connectivity index (χ1n) is 5.21. The van der Waals surface area contributed by atoms with E-state index in [-0.39, 0.29) is 5.97 Å². The number of likely N-dealkylation sites (N-methyl/N-ethyl adjacent to an activating group) is 3. The summed E-state index contributed by atoms with van der Waals surface area (Å²) in [4.78, 5) is 15.4. The van der Waals surface area contributed by atoms with Crippen molar-refractivity contribution < 1.29 is 14.1 Å². The van der Waals surface area contributed by atoms with Gasteiger partial charge < -0.3 is 4.74 Å². The Morgan fingerprint density at radius 1 is 1.67 bits per heavy atom. The van der Waals surface area contributed by atoms with Crippen molar-refractivity contribution in [3.8, 4) is 0 Å². The van der Waals surface area contributed by atoms with Crippen LogP contribution in [0.1, 0.15) is 6.92 Å². The third kappa shape index (κ3) is 2.61. The zero-order valence-electron chi connectivity index (χ0n) is 9.99. The molecule has 1 rings (SSSR count). The number of rotatable bonds is 3. The fourth-order valence-electron chi connectivity index (χ4n) is 1.82. The molecule has 0 bridgehead atoms. The fourth-order valence-corrected chi connectivity index (χ4v) is 1.82. The van der Waals surface area contributed by atoms with Gasteiger partial charge in [0.15, 0.2) is 6.54 Å². The molecule has 15 heavy (non-hydrogen) atoms. The molecular formula is C10H20N3O2+. The third-order valence-electron chi connectivity index (χ3n) is 2.67. The van der Waals surface area contributed by atoms with E-state index < -0.39 is 0 Å². The van der Waals surface area contributed by atoms with E-state index in [1.807, 2.05) is 25.9 Å². The van der Waals surface area contributed by atoms with E-state index in [1.54, 1.807) is 0 Å². The number of esters is 1. The number of carbonyl (C=O) groups is 1. The van der Waals surface area contributed by atoms with Gasteiger partial charge >= 0.3 is 11.9 Å². The van der Waals surface area contributed by atoms with Crippen LogP contribution in [0.15, 0.2) is 0 Å². The summed E-state index contributed by atoms with van der Waals surface area (Å²) in [6, 6.07) is 0. The first kappa shape index (κ1) is 11.8. The van der Waals surface area contributed by atoms with E-state index >= 15 is 0 Å². The number of hydrogen-bond acceptors (Lipinski definition) is 4. The van der Waals surface area contributed by atoms with E-state index in [4.69, 9.17) is 0 Å². The largest absolute Gasteiger partial charge is 0.467 e. The summed E-state index contributed by atoms with van der Waals surface area (Å²) >= 11 is 0. The summed E-state index contributed by atoms with van der Waals surface area (Å²) in [6.07, 6.45) is 0. The van der Waals surface area contributed by atoms with Crippen molar-refractivity contribution in [3.05, 3.63) is 0 Å². The number of ether oxygens (including phenoxy) is 1. The van der Waals surface area contributed by atoms with Crippen molar-refractivity contribution in [2.75, 3.05) is 47.4 Å². The monoisotopic (exact) mass is 214 g/mol. The topological polar surface area (TPSA) is 35.8 Å². The Balaban J connectivity index is 2.73. The number of nitrogens with zero attached hydrogens (tertiary/aromatic N) is 3. The predicted octanol–water partition coefficient (Wildman–Crippen LogP) is -0.575. The van der Waals surface area contributed by atoms with Gasteiger partial charge in [0.05, 0.1) is 40.8 Å². The van der Waals surface area contributed by atoms with Crippen molar-refractivity contribution in [1.82, 2.24) is 9.80 Å². The Morgan fingerprint density at radius 3 is 2.73 bits per heavy atom. The molecule has 0 aliphatic carbocycles. The molecule has 5 heteroatoms. The minimum Gasteiger partial charge on any atom is -0.467 e. The standard InChI is InChI=1S/C10H20N3O2/c1-5-13(8-9(14)15-4)10-11(2)6-7-12(10)3/h5-8H2,1-4H3/q+1. The lowest BCUT2D eigenvalue weighted by Gasteiger charge is -2.19. The highest BCUT2D eigenvalue weighted by Crippen LogP contribution is 2.03. The van der Waals surface area contributed by atoms with Crippen LogP contribution in [0.4, 0.5) is 0 Å². The molecule has 5 nitrogen and oxygen atoms in total. The maximum absolute atomic E-state index is 11.2. The zero-order chi connectivity index (χ0) is 11.4. The second kappa shape index (κ2) is 5.00. The number of guanidine groups is 1. The van der Waals surface area contributed by atoms with E-state index in [1.165, 1.54) is 7.11 Å². The van der Waals surface area contributed by atoms with Gasteiger partial charge in [-0.3, -0.25) is 14.4 Å². The van der Waals surface area contributed by atoms with E-state index in [9.17, 15) is 4.79 Å². The van der Waals surface area contributed by atoms with E-state index in [0.29, 0.717) is 6.54 Å². The van der Waals surface area contributed by atoms with E-state index in [2.05, 4.69) is 14.2 Å². The predicted molar refractivity (Wildman–Crippen MR) is 58.0 cm³/mol. The van der Waals surface area contributed by atoms with Gasteiger partial charge in [-0.1, -0.05) is 0 Å². The van der Waals surface area contributed by atoms with Gasteiger partial charge in [0, 0.05) is 0 Å².